The molecule has 140 valence electrons. The van der Waals surface area contributed by atoms with Gasteiger partial charge in [0.25, 0.3) is 0 Å². The summed E-state index contributed by atoms with van der Waals surface area (Å²) in [5.41, 5.74) is 0.514. The molecule has 1 aliphatic heterocycles. The molecule has 27 heavy (non-hydrogen) atoms. The molecule has 3 amide bonds. The number of likely N-dealkylation sites (tertiary alicyclic amines) is 1. The molecule has 0 unspecified atom stereocenters. The van der Waals surface area contributed by atoms with Crippen LogP contribution in [0, 0.1) is 35.5 Å². The Hall–Kier alpha value is -1.66. The molecule has 1 aromatic rings. The second kappa shape index (κ2) is 6.17. The van der Waals surface area contributed by atoms with Crippen molar-refractivity contribution < 1.29 is 14.4 Å². The van der Waals surface area contributed by atoms with Crippen LogP contribution >= 0.6 is 27.5 Å². The van der Waals surface area contributed by atoms with Gasteiger partial charge in [0.1, 0.15) is 0 Å². The summed E-state index contributed by atoms with van der Waals surface area (Å²) in [6, 6.07) is 5.19. The lowest BCUT2D eigenvalue weighted by Crippen LogP contribution is -2.40. The van der Waals surface area contributed by atoms with E-state index < -0.39 is 0 Å². The van der Waals surface area contributed by atoms with Crippen LogP contribution in [0.5, 0.6) is 0 Å². The molecule has 7 heteroatoms. The first kappa shape index (κ1) is 17.4. The number of carbonyl (C=O) groups excluding carboxylic acids is 3. The topological polar surface area (TPSA) is 66.5 Å². The van der Waals surface area contributed by atoms with Gasteiger partial charge >= 0.3 is 0 Å². The molecule has 0 spiro atoms. The van der Waals surface area contributed by atoms with Crippen molar-refractivity contribution in [3.8, 4) is 0 Å². The van der Waals surface area contributed by atoms with Gasteiger partial charge in [-0.15, -0.1) is 0 Å². The van der Waals surface area contributed by atoms with Crippen molar-refractivity contribution in [3.63, 3.8) is 0 Å². The lowest BCUT2D eigenvalue weighted by atomic mass is 9.63. The standard InChI is InChI=1S/C20H18BrClN2O3/c21-9-1-4-15(14(22)7-9)23-16(25)5-6-24-19(26)17-10-2-3-11(13-8-12(10)13)18(17)20(24)27/h1-4,7,10-13,17-18H,5-6,8H2,(H,23,25)/t10-,11+,12-,13+,17-,18+. The number of allylic oxidation sites excluding steroid dienone is 2. The lowest BCUT2D eigenvalue weighted by molar-refractivity contribution is -0.140. The van der Waals surface area contributed by atoms with E-state index in [0.717, 1.165) is 10.9 Å². The number of nitrogens with zero attached hydrogens (tertiary/aromatic N) is 1. The molecule has 3 fully saturated rings. The number of carbonyl (C=O) groups is 3. The van der Waals surface area contributed by atoms with Crippen molar-refractivity contribution in [3.05, 3.63) is 39.8 Å². The Morgan fingerprint density at radius 1 is 1.15 bits per heavy atom. The Morgan fingerprint density at radius 3 is 2.37 bits per heavy atom. The number of nitrogens with one attached hydrogen (secondary N) is 1. The van der Waals surface area contributed by atoms with Gasteiger partial charge in [0.05, 0.1) is 22.5 Å². The van der Waals surface area contributed by atoms with E-state index >= 15 is 0 Å². The predicted octanol–water partition coefficient (Wildman–Crippen LogP) is 3.48. The van der Waals surface area contributed by atoms with Crippen LogP contribution in [0.4, 0.5) is 5.69 Å². The number of rotatable bonds is 4. The SMILES string of the molecule is O=C(CCN1C(=O)[C@@H]2[C@@H]3C=C[C@@H]([C@@H]4C[C@H]34)[C@@H]2C1=O)Nc1ccc(Br)cc1Cl. The number of halogens is 2. The van der Waals surface area contributed by atoms with Gasteiger partial charge in [0.2, 0.25) is 17.7 Å². The summed E-state index contributed by atoms with van der Waals surface area (Å²) >= 11 is 9.44. The highest BCUT2D eigenvalue weighted by Gasteiger charge is 2.66. The molecule has 2 saturated carbocycles. The van der Waals surface area contributed by atoms with E-state index in [2.05, 4.69) is 33.4 Å². The van der Waals surface area contributed by atoms with E-state index in [4.69, 9.17) is 11.6 Å². The number of benzene rings is 1. The first-order valence-electron chi connectivity index (χ1n) is 9.24. The maximum atomic E-state index is 12.9. The van der Waals surface area contributed by atoms with Crippen molar-refractivity contribution in [1.82, 2.24) is 4.90 Å². The molecule has 4 aliphatic carbocycles. The fourth-order valence-corrected chi connectivity index (χ4v) is 5.98. The first-order valence-corrected chi connectivity index (χ1v) is 10.4. The Balaban J connectivity index is 1.25. The van der Waals surface area contributed by atoms with Gasteiger partial charge in [-0.25, -0.2) is 0 Å². The quantitative estimate of drug-likeness (QED) is 0.565. The third-order valence-corrected chi connectivity index (χ3v) is 7.33. The van der Waals surface area contributed by atoms with Crippen molar-refractivity contribution in [1.29, 1.82) is 0 Å². The first-order chi connectivity index (χ1) is 13.0. The third kappa shape index (κ3) is 2.68. The lowest BCUT2D eigenvalue weighted by Gasteiger charge is -2.37. The van der Waals surface area contributed by atoms with Crippen molar-refractivity contribution >= 4 is 50.9 Å². The summed E-state index contributed by atoms with van der Waals surface area (Å²) in [5.74, 6) is 0.720. The molecular weight excluding hydrogens is 432 g/mol. The highest BCUT2D eigenvalue weighted by atomic mass is 79.9. The molecule has 1 saturated heterocycles. The predicted molar refractivity (Wildman–Crippen MR) is 104 cm³/mol. The maximum absolute atomic E-state index is 12.9. The maximum Gasteiger partial charge on any atom is 0.233 e. The Morgan fingerprint density at radius 2 is 1.78 bits per heavy atom. The summed E-state index contributed by atoms with van der Waals surface area (Å²) in [7, 11) is 0. The Kier molecular flexibility index (Phi) is 3.99. The highest BCUT2D eigenvalue weighted by molar-refractivity contribution is 9.10. The van der Waals surface area contributed by atoms with Gasteiger partial charge in [-0.05, 0) is 48.3 Å². The number of amides is 3. The number of imide groups is 1. The highest BCUT2D eigenvalue weighted by Crippen LogP contribution is 2.65. The fourth-order valence-electron chi connectivity index (χ4n) is 5.26. The molecule has 0 aromatic heterocycles. The zero-order valence-corrected chi connectivity index (χ0v) is 16.7. The van der Waals surface area contributed by atoms with E-state index in [-0.39, 0.29) is 54.4 Å². The van der Waals surface area contributed by atoms with Crippen LogP contribution in [-0.2, 0) is 14.4 Å². The van der Waals surface area contributed by atoms with E-state index in [9.17, 15) is 14.4 Å². The van der Waals surface area contributed by atoms with Gasteiger partial charge in [-0.3, -0.25) is 19.3 Å². The fraction of sp³-hybridized carbons (Fsp3) is 0.450. The minimum atomic E-state index is -0.265. The normalized spacial score (nSPS) is 35.3. The van der Waals surface area contributed by atoms with E-state index in [0.29, 0.717) is 22.5 Å². The Labute approximate surface area is 170 Å². The van der Waals surface area contributed by atoms with E-state index in [1.807, 2.05) is 0 Å². The molecule has 1 heterocycles. The van der Waals surface area contributed by atoms with Gasteiger partial charge in [0, 0.05) is 17.4 Å². The van der Waals surface area contributed by atoms with Crippen molar-refractivity contribution in [2.45, 2.75) is 12.8 Å². The van der Waals surface area contributed by atoms with Crippen LogP contribution in [0.1, 0.15) is 12.8 Å². The molecule has 6 atom stereocenters. The van der Waals surface area contributed by atoms with Crippen LogP contribution in [-0.4, -0.2) is 29.2 Å². The van der Waals surface area contributed by atoms with Gasteiger partial charge in [-0.2, -0.15) is 0 Å². The zero-order valence-electron chi connectivity index (χ0n) is 14.4. The van der Waals surface area contributed by atoms with Crippen LogP contribution in [0.2, 0.25) is 5.02 Å². The number of anilines is 1. The van der Waals surface area contributed by atoms with Crippen molar-refractivity contribution in [2.24, 2.45) is 35.5 Å². The second-order valence-corrected chi connectivity index (χ2v) is 9.23. The molecule has 5 nitrogen and oxygen atoms in total. The molecule has 6 rings (SSSR count). The number of hydrogen-bond donors (Lipinski definition) is 1. The Bertz CT molecular complexity index is 865. The van der Waals surface area contributed by atoms with E-state index in [1.165, 1.54) is 4.90 Å². The summed E-state index contributed by atoms with van der Waals surface area (Å²) in [6.07, 6.45) is 5.51. The number of hydrogen-bond acceptors (Lipinski definition) is 3. The second-order valence-electron chi connectivity index (χ2n) is 7.91. The van der Waals surface area contributed by atoms with Crippen molar-refractivity contribution in [2.75, 3.05) is 11.9 Å². The summed E-state index contributed by atoms with van der Waals surface area (Å²) in [4.78, 5) is 39.4. The van der Waals surface area contributed by atoms with Gasteiger partial charge < -0.3 is 5.32 Å². The molecule has 5 aliphatic rings. The molecule has 2 bridgehead atoms. The van der Waals surface area contributed by atoms with Crippen LogP contribution in [0.25, 0.3) is 0 Å². The van der Waals surface area contributed by atoms with Crippen LogP contribution in [0.15, 0.2) is 34.8 Å². The smallest absolute Gasteiger partial charge is 0.233 e. The van der Waals surface area contributed by atoms with Crippen LogP contribution in [0.3, 0.4) is 0 Å². The van der Waals surface area contributed by atoms with Gasteiger partial charge in [0.15, 0.2) is 0 Å². The molecule has 0 radical (unpaired) electrons. The summed E-state index contributed by atoms with van der Waals surface area (Å²) < 4.78 is 0.822. The monoisotopic (exact) mass is 448 g/mol. The average Bonchev–Trinajstić information content (AvgIpc) is 3.41. The largest absolute Gasteiger partial charge is 0.325 e. The minimum absolute atomic E-state index is 0.0684. The summed E-state index contributed by atoms with van der Waals surface area (Å²) in [5, 5.41) is 3.17. The zero-order chi connectivity index (χ0) is 18.9. The minimum Gasteiger partial charge on any atom is -0.325 e. The van der Waals surface area contributed by atoms with Gasteiger partial charge in [-0.1, -0.05) is 39.7 Å². The molecular formula is C20H18BrClN2O3. The van der Waals surface area contributed by atoms with Crippen LogP contribution < -0.4 is 5.32 Å². The molecule has 1 N–H and O–H groups in total. The average molecular weight is 450 g/mol. The summed E-state index contributed by atoms with van der Waals surface area (Å²) in [6.45, 7) is 0.124. The van der Waals surface area contributed by atoms with E-state index in [1.54, 1.807) is 18.2 Å². The third-order valence-electron chi connectivity index (χ3n) is 6.52. The molecule has 1 aromatic carbocycles.